The molecule has 0 radical (unpaired) electrons. The van der Waals surface area contributed by atoms with Crippen molar-refractivity contribution in [3.8, 4) is 0 Å². The molecule has 0 heterocycles. The van der Waals surface area contributed by atoms with Crippen molar-refractivity contribution in [2.75, 3.05) is 0 Å². The summed E-state index contributed by atoms with van der Waals surface area (Å²) >= 11 is 0. The van der Waals surface area contributed by atoms with Crippen molar-refractivity contribution in [1.82, 2.24) is 0 Å². The molecular weight excluding hydrogens is 216 g/mol. The van der Waals surface area contributed by atoms with Crippen LogP contribution in [0, 0.1) is 29.6 Å². The van der Waals surface area contributed by atoms with Gasteiger partial charge in [0.25, 0.3) is 0 Å². The van der Waals surface area contributed by atoms with Gasteiger partial charge in [-0.25, -0.2) is 0 Å². The lowest BCUT2D eigenvalue weighted by molar-refractivity contribution is 0.154. The van der Waals surface area contributed by atoms with Crippen LogP contribution in [0.2, 0.25) is 0 Å². The van der Waals surface area contributed by atoms with Crippen LogP contribution in [0.5, 0.6) is 0 Å². The summed E-state index contributed by atoms with van der Waals surface area (Å²) in [5, 5.41) is 0. The zero-order chi connectivity index (χ0) is 13.5. The maximum absolute atomic E-state index is 2.48. The Morgan fingerprint density at radius 2 is 1.50 bits per heavy atom. The smallest absolute Gasteiger partial charge is 0.0406 e. The molecule has 0 nitrogen and oxygen atoms in total. The van der Waals surface area contributed by atoms with E-state index >= 15 is 0 Å². The van der Waals surface area contributed by atoms with Gasteiger partial charge in [-0.2, -0.15) is 0 Å². The Bertz CT molecular complexity index is 200. The van der Waals surface area contributed by atoms with Gasteiger partial charge in [0.1, 0.15) is 0 Å². The Hall–Kier alpha value is 0. The molecule has 108 valence electrons. The van der Waals surface area contributed by atoms with Gasteiger partial charge in [0.2, 0.25) is 0 Å². The summed E-state index contributed by atoms with van der Waals surface area (Å²) in [6, 6.07) is 0. The Morgan fingerprint density at radius 3 is 2.06 bits per heavy atom. The third kappa shape index (κ3) is 5.76. The van der Waals surface area contributed by atoms with E-state index < -0.39 is 0 Å². The molecule has 1 rings (SSSR count). The molecule has 18 heavy (non-hydrogen) atoms. The molecule has 0 amide bonds. The number of hydrogen-bond donors (Lipinski definition) is 0. The normalized spacial score (nSPS) is 27.0. The van der Waals surface area contributed by atoms with Gasteiger partial charge in [-0.05, 0) is 48.9 Å². The Morgan fingerprint density at radius 1 is 0.889 bits per heavy atom. The van der Waals surface area contributed by atoms with Crippen molar-refractivity contribution >= 4 is 0 Å². The van der Waals surface area contributed by atoms with Crippen LogP contribution in [0.25, 0.3) is 0 Å². The second-order valence-electron chi connectivity index (χ2n) is 7.46. The summed E-state index contributed by atoms with van der Waals surface area (Å²) in [4.78, 5) is 0. The van der Waals surface area contributed by atoms with E-state index in [1.54, 1.807) is 0 Å². The minimum Gasteiger partial charge on any atom is -0.0651 e. The molecule has 1 saturated carbocycles. The lowest BCUT2D eigenvalue weighted by Gasteiger charge is -2.36. The maximum atomic E-state index is 2.48. The monoisotopic (exact) mass is 252 g/mol. The zero-order valence-electron chi connectivity index (χ0n) is 13.5. The fourth-order valence-corrected chi connectivity index (χ4v) is 3.38. The molecular formula is C18H36. The van der Waals surface area contributed by atoms with Crippen LogP contribution >= 0.6 is 0 Å². The second-order valence-corrected chi connectivity index (χ2v) is 7.46. The van der Waals surface area contributed by atoms with Gasteiger partial charge in [0.15, 0.2) is 0 Å². The third-order valence-corrected chi connectivity index (χ3v) is 5.39. The molecule has 0 heteroatoms. The first-order valence-corrected chi connectivity index (χ1v) is 8.52. The van der Waals surface area contributed by atoms with Gasteiger partial charge in [0, 0.05) is 0 Å². The van der Waals surface area contributed by atoms with Gasteiger partial charge < -0.3 is 0 Å². The lowest BCUT2D eigenvalue weighted by atomic mass is 9.70. The highest BCUT2D eigenvalue weighted by molar-refractivity contribution is 4.79. The van der Waals surface area contributed by atoms with Gasteiger partial charge in [0.05, 0.1) is 0 Å². The van der Waals surface area contributed by atoms with E-state index in [1.807, 2.05) is 0 Å². The first kappa shape index (κ1) is 16.1. The second kappa shape index (κ2) is 8.23. The van der Waals surface area contributed by atoms with E-state index in [1.165, 1.54) is 51.4 Å². The largest absolute Gasteiger partial charge is 0.0651 e. The molecule has 1 fully saturated rings. The number of hydrogen-bond acceptors (Lipinski definition) is 0. The van der Waals surface area contributed by atoms with Crippen molar-refractivity contribution in [1.29, 1.82) is 0 Å². The summed E-state index contributed by atoms with van der Waals surface area (Å²) in [5.41, 5.74) is 0. The van der Waals surface area contributed by atoms with Gasteiger partial charge in [-0.3, -0.25) is 0 Å². The highest BCUT2D eigenvalue weighted by Crippen LogP contribution is 2.40. The molecule has 0 aromatic rings. The standard InChI is InChI=1S/C18H36/c1-6-17-12-18(13-17)11-15(4)9-7-8-10-16(5)14(2)3/h14-18H,6-13H2,1-5H3. The predicted octanol–water partition coefficient (Wildman–Crippen LogP) is 6.30. The van der Waals surface area contributed by atoms with E-state index in [0.717, 1.165) is 29.6 Å². The van der Waals surface area contributed by atoms with E-state index in [2.05, 4.69) is 34.6 Å². The third-order valence-electron chi connectivity index (χ3n) is 5.39. The molecule has 0 saturated heterocycles. The topological polar surface area (TPSA) is 0 Å². The molecule has 0 aromatic heterocycles. The van der Waals surface area contributed by atoms with E-state index in [4.69, 9.17) is 0 Å². The fourth-order valence-electron chi connectivity index (χ4n) is 3.38. The molecule has 1 aliphatic carbocycles. The summed E-state index contributed by atoms with van der Waals surface area (Å²) in [6.07, 6.45) is 11.8. The van der Waals surface area contributed by atoms with Crippen LogP contribution in [0.15, 0.2) is 0 Å². The first-order chi connectivity index (χ1) is 8.52. The number of unbranched alkanes of at least 4 members (excludes halogenated alkanes) is 1. The Balaban J connectivity index is 1.96. The van der Waals surface area contributed by atoms with Crippen LogP contribution in [-0.2, 0) is 0 Å². The average molecular weight is 252 g/mol. The molecule has 0 aromatic carbocycles. The summed E-state index contributed by atoms with van der Waals surface area (Å²) in [6.45, 7) is 11.9. The van der Waals surface area contributed by atoms with Gasteiger partial charge in [-0.15, -0.1) is 0 Å². The Labute approximate surface area is 116 Å². The summed E-state index contributed by atoms with van der Waals surface area (Å²) in [5.74, 6) is 4.91. The Kier molecular flexibility index (Phi) is 7.34. The van der Waals surface area contributed by atoms with Gasteiger partial charge in [-0.1, -0.05) is 66.7 Å². The quantitative estimate of drug-likeness (QED) is 0.422. The highest BCUT2D eigenvalue weighted by Gasteiger charge is 2.28. The predicted molar refractivity (Wildman–Crippen MR) is 82.8 cm³/mol. The lowest BCUT2D eigenvalue weighted by Crippen LogP contribution is -2.24. The van der Waals surface area contributed by atoms with E-state index in [0.29, 0.717) is 0 Å². The van der Waals surface area contributed by atoms with Crippen molar-refractivity contribution in [3.05, 3.63) is 0 Å². The van der Waals surface area contributed by atoms with Crippen LogP contribution in [0.3, 0.4) is 0 Å². The van der Waals surface area contributed by atoms with Crippen LogP contribution in [0.1, 0.15) is 86.0 Å². The van der Waals surface area contributed by atoms with Crippen molar-refractivity contribution in [2.24, 2.45) is 29.6 Å². The van der Waals surface area contributed by atoms with Crippen molar-refractivity contribution in [2.45, 2.75) is 86.0 Å². The van der Waals surface area contributed by atoms with Crippen LogP contribution in [0.4, 0.5) is 0 Å². The van der Waals surface area contributed by atoms with Crippen molar-refractivity contribution < 1.29 is 0 Å². The van der Waals surface area contributed by atoms with Crippen molar-refractivity contribution in [3.63, 3.8) is 0 Å². The van der Waals surface area contributed by atoms with Crippen LogP contribution in [-0.4, -0.2) is 0 Å². The molecule has 0 aliphatic heterocycles. The SMILES string of the molecule is CCC1CC(CC(C)CCCCC(C)C(C)C)C1. The molecule has 1 aliphatic rings. The van der Waals surface area contributed by atoms with Crippen LogP contribution < -0.4 is 0 Å². The zero-order valence-corrected chi connectivity index (χ0v) is 13.5. The first-order valence-electron chi connectivity index (χ1n) is 8.52. The summed E-state index contributed by atoms with van der Waals surface area (Å²) in [7, 11) is 0. The molecule has 2 unspecified atom stereocenters. The number of rotatable bonds is 9. The molecule has 0 N–H and O–H groups in total. The summed E-state index contributed by atoms with van der Waals surface area (Å²) < 4.78 is 0. The maximum Gasteiger partial charge on any atom is -0.0406 e. The molecule has 0 spiro atoms. The van der Waals surface area contributed by atoms with E-state index in [-0.39, 0.29) is 0 Å². The highest BCUT2D eigenvalue weighted by atomic mass is 14.3. The van der Waals surface area contributed by atoms with Gasteiger partial charge >= 0.3 is 0 Å². The fraction of sp³-hybridized carbons (Fsp3) is 1.00. The minimum atomic E-state index is 0.864. The average Bonchev–Trinajstić information content (AvgIpc) is 2.28. The minimum absolute atomic E-state index is 0.864. The molecule has 0 bridgehead atoms. The molecule has 2 atom stereocenters. The van der Waals surface area contributed by atoms with E-state index in [9.17, 15) is 0 Å².